The molecule has 1 nitrogen and oxygen atoms in total. The molecule has 0 saturated carbocycles. The van der Waals surface area contributed by atoms with Gasteiger partial charge in [-0.25, -0.2) is 0 Å². The molecule has 0 bridgehead atoms. The van der Waals surface area contributed by atoms with Crippen LogP contribution in [0.15, 0.2) is 11.4 Å². The summed E-state index contributed by atoms with van der Waals surface area (Å²) in [7, 11) is 0. The third-order valence-corrected chi connectivity index (χ3v) is 2.72. The number of nitrogen functional groups attached to an aromatic ring is 1. The Morgan fingerprint density at radius 2 is 2.27 bits per heavy atom. The molecule has 2 heteroatoms. The first-order chi connectivity index (χ1) is 5.33. The number of nitrogens with two attached hydrogens (primary N) is 1. The summed E-state index contributed by atoms with van der Waals surface area (Å²) in [5.41, 5.74) is 6.51. The molecule has 62 valence electrons. The molecule has 2 N–H and O–H groups in total. The number of rotatable bonds is 4. The number of unbranched alkanes of at least 4 members (excludes halogenated alkanes) is 2. The Morgan fingerprint density at radius 1 is 1.45 bits per heavy atom. The molecule has 0 aliphatic rings. The Balaban J connectivity index is 2.27. The van der Waals surface area contributed by atoms with Gasteiger partial charge in [0.25, 0.3) is 0 Å². The third-order valence-electron chi connectivity index (χ3n) is 1.70. The summed E-state index contributed by atoms with van der Waals surface area (Å²) in [5, 5.41) is 2.02. The van der Waals surface area contributed by atoms with Crippen LogP contribution in [0.1, 0.15) is 31.1 Å². The second-order valence-electron chi connectivity index (χ2n) is 2.80. The molecule has 0 atom stereocenters. The van der Waals surface area contributed by atoms with Gasteiger partial charge in [0.05, 0.1) is 0 Å². The van der Waals surface area contributed by atoms with E-state index in [0.29, 0.717) is 0 Å². The molecule has 0 aromatic carbocycles. The van der Waals surface area contributed by atoms with Crippen molar-refractivity contribution in [2.75, 3.05) is 5.73 Å². The Hall–Kier alpha value is -0.500. The number of hydrogen-bond acceptors (Lipinski definition) is 2. The molecule has 0 aliphatic heterocycles. The van der Waals surface area contributed by atoms with Crippen LogP contribution in [0.4, 0.5) is 5.69 Å². The molecular formula is C9H15NS. The van der Waals surface area contributed by atoms with E-state index in [0.717, 1.165) is 5.69 Å². The van der Waals surface area contributed by atoms with Crippen molar-refractivity contribution in [3.63, 3.8) is 0 Å². The van der Waals surface area contributed by atoms with Crippen molar-refractivity contribution in [2.24, 2.45) is 0 Å². The molecule has 1 heterocycles. The SMILES string of the molecule is CCCCCc1cc(N)cs1. The molecule has 0 fully saturated rings. The summed E-state index contributed by atoms with van der Waals surface area (Å²) in [6.45, 7) is 2.22. The highest BCUT2D eigenvalue weighted by atomic mass is 32.1. The lowest BCUT2D eigenvalue weighted by molar-refractivity contribution is 0.723. The highest BCUT2D eigenvalue weighted by Crippen LogP contribution is 2.18. The van der Waals surface area contributed by atoms with Crippen LogP contribution in [0, 0.1) is 0 Å². The van der Waals surface area contributed by atoms with Crippen molar-refractivity contribution < 1.29 is 0 Å². The lowest BCUT2D eigenvalue weighted by atomic mass is 10.2. The van der Waals surface area contributed by atoms with Gasteiger partial charge >= 0.3 is 0 Å². The fourth-order valence-corrected chi connectivity index (χ4v) is 1.90. The van der Waals surface area contributed by atoms with E-state index in [1.54, 1.807) is 11.3 Å². The fourth-order valence-electron chi connectivity index (χ4n) is 1.08. The van der Waals surface area contributed by atoms with Gasteiger partial charge in [-0.3, -0.25) is 0 Å². The molecule has 0 radical (unpaired) electrons. The summed E-state index contributed by atoms with van der Waals surface area (Å²) in [6.07, 6.45) is 5.13. The molecule has 0 saturated heterocycles. The summed E-state index contributed by atoms with van der Waals surface area (Å²) in [5.74, 6) is 0. The number of aryl methyl sites for hydroxylation is 1. The summed E-state index contributed by atoms with van der Waals surface area (Å²) in [4.78, 5) is 1.43. The van der Waals surface area contributed by atoms with Crippen LogP contribution < -0.4 is 5.73 Å². The summed E-state index contributed by atoms with van der Waals surface area (Å²) in [6, 6.07) is 2.08. The fraction of sp³-hybridized carbons (Fsp3) is 0.556. The number of thiophene rings is 1. The molecule has 0 spiro atoms. The molecule has 0 amide bonds. The van der Waals surface area contributed by atoms with Gasteiger partial charge in [-0.2, -0.15) is 0 Å². The minimum Gasteiger partial charge on any atom is -0.398 e. The average Bonchev–Trinajstić information content (AvgIpc) is 2.37. The zero-order valence-corrected chi connectivity index (χ0v) is 7.79. The van der Waals surface area contributed by atoms with Gasteiger partial charge in [-0.15, -0.1) is 11.3 Å². The smallest absolute Gasteiger partial charge is 0.0425 e. The molecule has 1 rings (SSSR count). The standard InChI is InChI=1S/C9H15NS/c1-2-3-4-5-9-6-8(10)7-11-9/h6-7H,2-5,10H2,1H3. The van der Waals surface area contributed by atoms with E-state index in [9.17, 15) is 0 Å². The van der Waals surface area contributed by atoms with E-state index in [-0.39, 0.29) is 0 Å². The Bertz CT molecular complexity index is 205. The van der Waals surface area contributed by atoms with Crippen LogP contribution in [-0.2, 0) is 6.42 Å². The van der Waals surface area contributed by atoms with Crippen LogP contribution in [0.25, 0.3) is 0 Å². The van der Waals surface area contributed by atoms with Crippen molar-refractivity contribution in [3.8, 4) is 0 Å². The number of hydrogen-bond donors (Lipinski definition) is 1. The Labute approximate surface area is 72.2 Å². The van der Waals surface area contributed by atoms with Gasteiger partial charge in [0, 0.05) is 15.9 Å². The molecule has 0 unspecified atom stereocenters. The summed E-state index contributed by atoms with van der Waals surface area (Å²) < 4.78 is 0. The first kappa shape index (κ1) is 8.60. The van der Waals surface area contributed by atoms with Crippen LogP contribution >= 0.6 is 11.3 Å². The predicted molar refractivity (Wildman–Crippen MR) is 52.0 cm³/mol. The highest BCUT2D eigenvalue weighted by Gasteiger charge is 1.95. The van der Waals surface area contributed by atoms with Gasteiger partial charge in [0.1, 0.15) is 0 Å². The first-order valence-electron chi connectivity index (χ1n) is 4.16. The number of anilines is 1. The average molecular weight is 169 g/mol. The van der Waals surface area contributed by atoms with Crippen molar-refractivity contribution in [1.82, 2.24) is 0 Å². The molecule has 11 heavy (non-hydrogen) atoms. The van der Waals surface area contributed by atoms with Crippen LogP contribution in [0.5, 0.6) is 0 Å². The van der Waals surface area contributed by atoms with E-state index in [1.807, 2.05) is 5.38 Å². The van der Waals surface area contributed by atoms with Crippen molar-refractivity contribution in [3.05, 3.63) is 16.3 Å². The highest BCUT2D eigenvalue weighted by molar-refractivity contribution is 7.10. The van der Waals surface area contributed by atoms with Crippen molar-refractivity contribution >= 4 is 17.0 Å². The minimum absolute atomic E-state index is 0.918. The van der Waals surface area contributed by atoms with E-state index in [2.05, 4.69) is 13.0 Å². The normalized spacial score (nSPS) is 10.3. The van der Waals surface area contributed by atoms with Crippen LogP contribution in [0.3, 0.4) is 0 Å². The summed E-state index contributed by atoms with van der Waals surface area (Å²) >= 11 is 1.77. The zero-order valence-electron chi connectivity index (χ0n) is 6.97. The Kier molecular flexibility index (Phi) is 3.43. The molecule has 0 aliphatic carbocycles. The monoisotopic (exact) mass is 169 g/mol. The largest absolute Gasteiger partial charge is 0.398 e. The molecule has 1 aromatic rings. The topological polar surface area (TPSA) is 26.0 Å². The lowest BCUT2D eigenvalue weighted by Gasteiger charge is -1.93. The van der Waals surface area contributed by atoms with Gasteiger partial charge in [0.2, 0.25) is 0 Å². The van der Waals surface area contributed by atoms with E-state index >= 15 is 0 Å². The minimum atomic E-state index is 0.918. The zero-order chi connectivity index (χ0) is 8.10. The second-order valence-corrected chi connectivity index (χ2v) is 3.80. The van der Waals surface area contributed by atoms with E-state index in [4.69, 9.17) is 5.73 Å². The van der Waals surface area contributed by atoms with Gasteiger partial charge < -0.3 is 5.73 Å². The van der Waals surface area contributed by atoms with Gasteiger partial charge in [-0.1, -0.05) is 19.8 Å². The van der Waals surface area contributed by atoms with Gasteiger partial charge in [0.15, 0.2) is 0 Å². The first-order valence-corrected chi connectivity index (χ1v) is 5.03. The van der Waals surface area contributed by atoms with Crippen molar-refractivity contribution in [1.29, 1.82) is 0 Å². The second kappa shape index (κ2) is 4.39. The third kappa shape index (κ3) is 2.93. The van der Waals surface area contributed by atoms with Crippen molar-refractivity contribution in [2.45, 2.75) is 32.6 Å². The molecular weight excluding hydrogens is 154 g/mol. The maximum atomic E-state index is 5.59. The predicted octanol–water partition coefficient (Wildman–Crippen LogP) is 3.06. The Morgan fingerprint density at radius 3 is 2.82 bits per heavy atom. The van der Waals surface area contributed by atoms with Crippen LogP contribution in [-0.4, -0.2) is 0 Å². The van der Waals surface area contributed by atoms with E-state index in [1.165, 1.54) is 30.6 Å². The van der Waals surface area contributed by atoms with E-state index < -0.39 is 0 Å². The lowest BCUT2D eigenvalue weighted by Crippen LogP contribution is -1.81. The maximum Gasteiger partial charge on any atom is 0.0425 e. The maximum absolute atomic E-state index is 5.59. The van der Waals surface area contributed by atoms with Gasteiger partial charge in [-0.05, 0) is 18.9 Å². The quantitative estimate of drug-likeness (QED) is 0.689. The molecule has 1 aromatic heterocycles. The van der Waals surface area contributed by atoms with Crippen LogP contribution in [0.2, 0.25) is 0 Å².